The minimum Gasteiger partial charge on any atom is -0.386 e. The molecule has 7 heteroatoms. The molecule has 1 heterocycles. The van der Waals surface area contributed by atoms with Crippen LogP contribution in [0.1, 0.15) is 73.3 Å². The number of rotatable bonds is 5. The number of carbonyl (C=O) groups excluding carboxylic acids is 2. The minimum atomic E-state index is -5.16. The normalized spacial score (nSPS) is 16.4. The summed E-state index contributed by atoms with van der Waals surface area (Å²) in [5.74, 6) is 3.42. The molecule has 4 nitrogen and oxygen atoms in total. The van der Waals surface area contributed by atoms with Crippen molar-refractivity contribution >= 4 is 11.9 Å². The van der Waals surface area contributed by atoms with Gasteiger partial charge in [-0.1, -0.05) is 43.9 Å². The molecule has 2 aromatic carbocycles. The van der Waals surface area contributed by atoms with Crippen molar-refractivity contribution in [1.29, 1.82) is 0 Å². The summed E-state index contributed by atoms with van der Waals surface area (Å²) in [6.45, 7) is 6.42. The predicted octanol–water partition coefficient (Wildman–Crippen LogP) is 5.47. The lowest BCUT2D eigenvalue weighted by molar-refractivity contribution is -0.201. The van der Waals surface area contributed by atoms with Crippen molar-refractivity contribution < 1.29 is 27.5 Å². The average molecular weight is 484 g/mol. The SMILES string of the molecule is CC(C)c1ccc(C#Cc2ccc3c(c2)C2(CC2)CN(CCCC(=O)OC(=O)C(F)(F)F)C3)cc1. The van der Waals surface area contributed by atoms with Gasteiger partial charge in [-0.05, 0) is 72.7 Å². The van der Waals surface area contributed by atoms with Crippen molar-refractivity contribution in [3.63, 3.8) is 0 Å². The van der Waals surface area contributed by atoms with E-state index in [0.29, 0.717) is 25.4 Å². The molecule has 1 aliphatic heterocycles. The average Bonchev–Trinajstić information content (AvgIpc) is 3.57. The Morgan fingerprint density at radius 3 is 2.34 bits per heavy atom. The highest BCUT2D eigenvalue weighted by molar-refractivity contribution is 5.88. The number of esters is 2. The van der Waals surface area contributed by atoms with E-state index in [2.05, 4.69) is 71.7 Å². The van der Waals surface area contributed by atoms with Gasteiger partial charge in [-0.3, -0.25) is 9.69 Å². The number of halogens is 3. The summed E-state index contributed by atoms with van der Waals surface area (Å²) in [7, 11) is 0. The molecule has 0 unspecified atom stereocenters. The van der Waals surface area contributed by atoms with E-state index in [1.165, 1.54) is 16.7 Å². The van der Waals surface area contributed by atoms with Crippen LogP contribution < -0.4 is 0 Å². The van der Waals surface area contributed by atoms with Gasteiger partial charge in [0.15, 0.2) is 0 Å². The van der Waals surface area contributed by atoms with Crippen molar-refractivity contribution in [1.82, 2.24) is 4.90 Å². The van der Waals surface area contributed by atoms with Crippen LogP contribution >= 0.6 is 0 Å². The summed E-state index contributed by atoms with van der Waals surface area (Å²) in [5.41, 5.74) is 5.87. The van der Waals surface area contributed by atoms with Crippen molar-refractivity contribution in [2.75, 3.05) is 13.1 Å². The first-order chi connectivity index (χ1) is 16.6. The van der Waals surface area contributed by atoms with Gasteiger partial charge in [0, 0.05) is 36.1 Å². The third-order valence-corrected chi connectivity index (χ3v) is 6.68. The highest BCUT2D eigenvalue weighted by Crippen LogP contribution is 2.52. The second-order valence-electron chi connectivity index (χ2n) is 9.75. The Hall–Kier alpha value is -3.11. The van der Waals surface area contributed by atoms with Crippen LogP contribution in [-0.4, -0.2) is 36.1 Å². The Kier molecular flexibility index (Phi) is 7.05. The molecule has 2 aliphatic rings. The number of ether oxygens (including phenoxy) is 1. The van der Waals surface area contributed by atoms with E-state index in [4.69, 9.17) is 0 Å². The fourth-order valence-electron chi connectivity index (χ4n) is 4.59. The molecule has 0 atom stereocenters. The lowest BCUT2D eigenvalue weighted by Gasteiger charge is -2.35. The van der Waals surface area contributed by atoms with Crippen molar-refractivity contribution in [2.24, 2.45) is 0 Å². The molecular formula is C28H28F3NO3. The van der Waals surface area contributed by atoms with Crippen molar-refractivity contribution in [3.05, 3.63) is 70.3 Å². The van der Waals surface area contributed by atoms with E-state index in [1.807, 2.05) is 6.07 Å². The third-order valence-electron chi connectivity index (χ3n) is 6.68. The first-order valence-electron chi connectivity index (χ1n) is 11.9. The van der Waals surface area contributed by atoms with Crippen LogP contribution in [0.2, 0.25) is 0 Å². The highest BCUT2D eigenvalue weighted by atomic mass is 19.4. The van der Waals surface area contributed by atoms with E-state index in [-0.39, 0.29) is 11.8 Å². The quantitative estimate of drug-likeness (QED) is 0.322. The molecule has 1 fully saturated rings. The molecule has 1 spiro atoms. The molecule has 4 rings (SSSR count). The maximum absolute atomic E-state index is 12.2. The van der Waals surface area contributed by atoms with Crippen LogP contribution in [-0.2, 0) is 26.3 Å². The summed E-state index contributed by atoms with van der Waals surface area (Å²) >= 11 is 0. The summed E-state index contributed by atoms with van der Waals surface area (Å²) in [6, 6.07) is 14.6. The minimum absolute atomic E-state index is 0.0803. The maximum Gasteiger partial charge on any atom is 0.491 e. The summed E-state index contributed by atoms with van der Waals surface area (Å²) in [4.78, 5) is 24.5. The van der Waals surface area contributed by atoms with E-state index >= 15 is 0 Å². The summed E-state index contributed by atoms with van der Waals surface area (Å²) in [5, 5.41) is 0. The predicted molar refractivity (Wildman–Crippen MR) is 126 cm³/mol. The fraction of sp³-hybridized carbons (Fsp3) is 0.429. The summed E-state index contributed by atoms with van der Waals surface area (Å²) in [6.07, 6.45) is -2.91. The first kappa shape index (κ1) is 25.0. The van der Waals surface area contributed by atoms with Gasteiger partial charge in [0.25, 0.3) is 0 Å². The van der Waals surface area contributed by atoms with Crippen molar-refractivity contribution in [2.45, 2.75) is 63.6 Å². The zero-order valence-corrected chi connectivity index (χ0v) is 19.9. The van der Waals surface area contributed by atoms with Gasteiger partial charge in [-0.2, -0.15) is 13.2 Å². The van der Waals surface area contributed by atoms with Crippen LogP contribution in [0.3, 0.4) is 0 Å². The largest absolute Gasteiger partial charge is 0.491 e. The summed E-state index contributed by atoms with van der Waals surface area (Å²) < 4.78 is 40.5. The van der Waals surface area contributed by atoms with E-state index < -0.39 is 18.1 Å². The lowest BCUT2D eigenvalue weighted by Crippen LogP contribution is -2.38. The molecule has 0 radical (unpaired) electrons. The topological polar surface area (TPSA) is 46.6 Å². The molecule has 0 bridgehead atoms. The number of carbonyl (C=O) groups is 2. The van der Waals surface area contributed by atoms with E-state index in [1.54, 1.807) is 0 Å². The number of fused-ring (bicyclic) bond motifs is 2. The molecule has 184 valence electrons. The number of nitrogens with zero attached hydrogens (tertiary/aromatic N) is 1. The number of benzene rings is 2. The number of hydrogen-bond donors (Lipinski definition) is 0. The molecule has 35 heavy (non-hydrogen) atoms. The molecular weight excluding hydrogens is 455 g/mol. The second-order valence-corrected chi connectivity index (χ2v) is 9.75. The monoisotopic (exact) mass is 483 g/mol. The smallest absolute Gasteiger partial charge is 0.386 e. The zero-order valence-electron chi connectivity index (χ0n) is 19.9. The van der Waals surface area contributed by atoms with Crippen LogP contribution in [0.5, 0.6) is 0 Å². The fourth-order valence-corrected chi connectivity index (χ4v) is 4.59. The Labute approximate surface area is 203 Å². The van der Waals surface area contributed by atoms with Crippen LogP contribution in [0.25, 0.3) is 0 Å². The van der Waals surface area contributed by atoms with Gasteiger partial charge in [-0.15, -0.1) is 0 Å². The molecule has 2 aromatic rings. The number of alkyl halides is 3. The number of hydrogen-bond acceptors (Lipinski definition) is 4. The van der Waals surface area contributed by atoms with E-state index in [9.17, 15) is 22.8 Å². The Morgan fingerprint density at radius 2 is 1.71 bits per heavy atom. The van der Waals surface area contributed by atoms with Gasteiger partial charge < -0.3 is 4.74 Å². The molecule has 0 saturated heterocycles. The first-order valence-corrected chi connectivity index (χ1v) is 11.9. The van der Waals surface area contributed by atoms with Gasteiger partial charge in [-0.25, -0.2) is 4.79 Å². The Morgan fingerprint density at radius 1 is 1.06 bits per heavy atom. The van der Waals surface area contributed by atoms with Crippen LogP contribution in [0.4, 0.5) is 13.2 Å². The Bertz CT molecular complexity index is 1170. The maximum atomic E-state index is 12.2. The zero-order chi connectivity index (χ0) is 25.2. The van der Waals surface area contributed by atoms with Gasteiger partial charge >= 0.3 is 18.1 Å². The van der Waals surface area contributed by atoms with E-state index in [0.717, 1.165) is 30.5 Å². The highest BCUT2D eigenvalue weighted by Gasteiger charge is 2.49. The standard InChI is InChI=1S/C28H28F3NO3/c1-19(2)22-10-7-20(8-11-22)5-6-21-9-12-23-17-32(18-27(13-14-27)24(23)16-21)15-3-4-25(33)35-26(34)28(29,30)31/h7-12,16,19H,3-4,13-15,17-18H2,1-2H3. The van der Waals surface area contributed by atoms with Crippen molar-refractivity contribution in [3.8, 4) is 11.8 Å². The lowest BCUT2D eigenvalue weighted by atomic mass is 9.85. The second kappa shape index (κ2) is 9.87. The molecule has 0 aromatic heterocycles. The molecule has 1 aliphatic carbocycles. The van der Waals surface area contributed by atoms with Gasteiger partial charge in [0.05, 0.1) is 0 Å². The molecule has 0 amide bonds. The van der Waals surface area contributed by atoms with Crippen LogP contribution in [0, 0.1) is 11.8 Å². The Balaban J connectivity index is 1.36. The molecule has 0 N–H and O–H groups in total. The van der Waals surface area contributed by atoms with Crippen LogP contribution in [0.15, 0.2) is 42.5 Å². The molecule has 1 saturated carbocycles. The van der Waals surface area contributed by atoms with Gasteiger partial charge in [0.1, 0.15) is 0 Å². The van der Waals surface area contributed by atoms with Gasteiger partial charge in [0.2, 0.25) is 0 Å². The third kappa shape index (κ3) is 6.12.